The van der Waals surface area contributed by atoms with Crippen molar-refractivity contribution in [3.63, 3.8) is 0 Å². The summed E-state index contributed by atoms with van der Waals surface area (Å²) in [4.78, 5) is 4.56. The van der Waals surface area contributed by atoms with E-state index in [1.807, 2.05) is 12.1 Å². The first-order valence-corrected chi connectivity index (χ1v) is 8.34. The van der Waals surface area contributed by atoms with E-state index in [1.165, 1.54) is 30.4 Å². The van der Waals surface area contributed by atoms with Gasteiger partial charge in [0.25, 0.3) is 0 Å². The zero-order valence-corrected chi connectivity index (χ0v) is 13.1. The third-order valence-corrected chi connectivity index (χ3v) is 4.87. The van der Waals surface area contributed by atoms with Gasteiger partial charge in [-0.2, -0.15) is 0 Å². The lowest BCUT2D eigenvalue weighted by molar-refractivity contribution is 0.0659. The van der Waals surface area contributed by atoms with E-state index < -0.39 is 0 Å². The molecular formula is C14H17BrN2OS. The summed E-state index contributed by atoms with van der Waals surface area (Å²) >= 11 is 5.16. The summed E-state index contributed by atoms with van der Waals surface area (Å²) in [6.45, 7) is 1.60. The predicted octanol–water partition coefficient (Wildman–Crippen LogP) is 4.43. The molecule has 1 saturated carbocycles. The van der Waals surface area contributed by atoms with Crippen LogP contribution in [0.25, 0.3) is 10.2 Å². The van der Waals surface area contributed by atoms with Crippen LogP contribution in [0.5, 0.6) is 0 Å². The van der Waals surface area contributed by atoms with Crippen molar-refractivity contribution in [2.45, 2.75) is 31.8 Å². The highest BCUT2D eigenvalue weighted by Gasteiger charge is 2.14. The predicted molar refractivity (Wildman–Crippen MR) is 84.0 cm³/mol. The van der Waals surface area contributed by atoms with Gasteiger partial charge >= 0.3 is 0 Å². The van der Waals surface area contributed by atoms with E-state index in [0.717, 1.165) is 28.3 Å². The smallest absolute Gasteiger partial charge is 0.183 e. The average molecular weight is 341 g/mol. The summed E-state index contributed by atoms with van der Waals surface area (Å²) in [5.74, 6) is 0. The molecule has 0 saturated heterocycles. The molecule has 0 spiro atoms. The molecule has 19 heavy (non-hydrogen) atoms. The maximum absolute atomic E-state index is 5.82. The molecule has 1 aromatic heterocycles. The van der Waals surface area contributed by atoms with E-state index in [-0.39, 0.29) is 0 Å². The Hall–Kier alpha value is -0.650. The van der Waals surface area contributed by atoms with E-state index >= 15 is 0 Å². The quantitative estimate of drug-likeness (QED) is 0.817. The topological polar surface area (TPSA) is 34.1 Å². The van der Waals surface area contributed by atoms with Gasteiger partial charge in [0.15, 0.2) is 5.13 Å². The molecule has 0 atom stereocenters. The van der Waals surface area contributed by atoms with Crippen LogP contribution in [0, 0.1) is 0 Å². The molecule has 1 aliphatic carbocycles. The Balaban J connectivity index is 1.50. The van der Waals surface area contributed by atoms with Crippen molar-refractivity contribution in [3.05, 3.63) is 22.7 Å². The highest BCUT2D eigenvalue weighted by molar-refractivity contribution is 9.10. The Morgan fingerprint density at radius 2 is 2.21 bits per heavy atom. The van der Waals surface area contributed by atoms with Crippen LogP contribution in [0.15, 0.2) is 22.7 Å². The highest BCUT2D eigenvalue weighted by Crippen LogP contribution is 2.28. The molecular weight excluding hydrogens is 324 g/mol. The van der Waals surface area contributed by atoms with Gasteiger partial charge in [0.05, 0.1) is 22.9 Å². The molecule has 1 heterocycles. The molecule has 3 rings (SSSR count). The van der Waals surface area contributed by atoms with Gasteiger partial charge in [0.1, 0.15) is 0 Å². The van der Waals surface area contributed by atoms with Gasteiger partial charge in [-0.1, -0.05) is 40.1 Å². The maximum atomic E-state index is 5.82. The third kappa shape index (κ3) is 3.46. The molecule has 0 amide bonds. The second kappa shape index (κ2) is 6.20. The number of nitrogens with one attached hydrogen (secondary N) is 1. The van der Waals surface area contributed by atoms with Gasteiger partial charge in [0.2, 0.25) is 0 Å². The molecule has 1 N–H and O–H groups in total. The number of anilines is 1. The van der Waals surface area contributed by atoms with Crippen molar-refractivity contribution in [1.82, 2.24) is 4.98 Å². The van der Waals surface area contributed by atoms with Crippen LogP contribution in [0.4, 0.5) is 5.13 Å². The van der Waals surface area contributed by atoms with Crippen LogP contribution < -0.4 is 5.32 Å². The average Bonchev–Trinajstić information content (AvgIpc) is 3.02. The lowest BCUT2D eigenvalue weighted by Gasteiger charge is -2.10. The number of hydrogen-bond donors (Lipinski definition) is 1. The number of ether oxygens (including phenoxy) is 1. The van der Waals surface area contributed by atoms with Crippen LogP contribution in [0.3, 0.4) is 0 Å². The number of benzene rings is 1. The fourth-order valence-electron chi connectivity index (χ4n) is 2.41. The van der Waals surface area contributed by atoms with E-state index in [2.05, 4.69) is 32.3 Å². The van der Waals surface area contributed by atoms with Gasteiger partial charge in [-0.15, -0.1) is 0 Å². The number of rotatable bonds is 5. The molecule has 0 aliphatic heterocycles. The van der Waals surface area contributed by atoms with E-state index in [1.54, 1.807) is 11.3 Å². The van der Waals surface area contributed by atoms with Crippen molar-refractivity contribution in [3.8, 4) is 0 Å². The van der Waals surface area contributed by atoms with Crippen molar-refractivity contribution in [2.75, 3.05) is 18.5 Å². The minimum atomic E-state index is 0.494. The van der Waals surface area contributed by atoms with Crippen molar-refractivity contribution in [1.29, 1.82) is 0 Å². The van der Waals surface area contributed by atoms with E-state index in [0.29, 0.717) is 6.10 Å². The Labute approximate surface area is 125 Å². The number of fused-ring (bicyclic) bond motifs is 1. The summed E-state index contributed by atoms with van der Waals surface area (Å²) in [5.41, 5.74) is 1.04. The SMILES string of the molecule is Brc1ccc2sc(NCCOC3CCCC3)nc2c1. The number of nitrogens with zero attached hydrogens (tertiary/aromatic N) is 1. The molecule has 0 radical (unpaired) electrons. The normalized spacial score (nSPS) is 16.3. The molecule has 0 unspecified atom stereocenters. The minimum absolute atomic E-state index is 0.494. The number of halogens is 1. The van der Waals surface area contributed by atoms with Crippen LogP contribution in [-0.2, 0) is 4.74 Å². The first-order chi connectivity index (χ1) is 9.31. The Kier molecular flexibility index (Phi) is 4.35. The fraction of sp³-hybridized carbons (Fsp3) is 0.500. The minimum Gasteiger partial charge on any atom is -0.376 e. The van der Waals surface area contributed by atoms with Crippen molar-refractivity contribution >= 4 is 42.6 Å². The van der Waals surface area contributed by atoms with Gasteiger partial charge in [0, 0.05) is 11.0 Å². The van der Waals surface area contributed by atoms with E-state index in [9.17, 15) is 0 Å². The lowest BCUT2D eigenvalue weighted by Crippen LogP contribution is -2.15. The largest absolute Gasteiger partial charge is 0.376 e. The van der Waals surface area contributed by atoms with Gasteiger partial charge in [-0.05, 0) is 31.0 Å². The van der Waals surface area contributed by atoms with Gasteiger partial charge in [-0.25, -0.2) is 4.98 Å². The van der Waals surface area contributed by atoms with Gasteiger partial charge in [-0.3, -0.25) is 0 Å². The van der Waals surface area contributed by atoms with Gasteiger partial charge < -0.3 is 10.1 Å². The van der Waals surface area contributed by atoms with Crippen LogP contribution in [-0.4, -0.2) is 24.2 Å². The zero-order valence-electron chi connectivity index (χ0n) is 10.7. The summed E-state index contributed by atoms with van der Waals surface area (Å²) in [7, 11) is 0. The molecule has 3 nitrogen and oxygen atoms in total. The molecule has 1 fully saturated rings. The summed E-state index contributed by atoms with van der Waals surface area (Å²) in [5, 5.41) is 4.32. The molecule has 2 aromatic rings. The zero-order chi connectivity index (χ0) is 13.1. The Bertz CT molecular complexity index is 551. The maximum Gasteiger partial charge on any atom is 0.183 e. The number of thiazole rings is 1. The summed E-state index contributed by atoms with van der Waals surface area (Å²) < 4.78 is 8.11. The summed E-state index contributed by atoms with van der Waals surface area (Å²) in [6.07, 6.45) is 5.60. The van der Waals surface area contributed by atoms with Crippen LogP contribution in [0.1, 0.15) is 25.7 Å². The molecule has 5 heteroatoms. The summed E-state index contributed by atoms with van der Waals surface area (Å²) in [6, 6.07) is 6.19. The highest BCUT2D eigenvalue weighted by atomic mass is 79.9. The standard InChI is InChI=1S/C14H17BrN2OS/c15-10-5-6-13-12(9-10)17-14(19-13)16-7-8-18-11-3-1-2-4-11/h5-6,9,11H,1-4,7-8H2,(H,16,17). The number of hydrogen-bond acceptors (Lipinski definition) is 4. The second-order valence-corrected chi connectivity index (χ2v) is 6.78. The van der Waals surface area contributed by atoms with E-state index in [4.69, 9.17) is 4.74 Å². The van der Waals surface area contributed by atoms with Crippen LogP contribution >= 0.6 is 27.3 Å². The molecule has 102 valence electrons. The van der Waals surface area contributed by atoms with Crippen molar-refractivity contribution < 1.29 is 4.74 Å². The fourth-order valence-corrected chi connectivity index (χ4v) is 3.64. The number of aromatic nitrogens is 1. The first kappa shape index (κ1) is 13.3. The molecule has 0 bridgehead atoms. The first-order valence-electron chi connectivity index (χ1n) is 6.73. The Morgan fingerprint density at radius 1 is 1.37 bits per heavy atom. The molecule has 1 aliphatic rings. The lowest BCUT2D eigenvalue weighted by atomic mass is 10.3. The third-order valence-electron chi connectivity index (χ3n) is 3.38. The monoisotopic (exact) mass is 340 g/mol. The molecule has 1 aromatic carbocycles. The second-order valence-electron chi connectivity index (χ2n) is 4.84. The van der Waals surface area contributed by atoms with Crippen molar-refractivity contribution in [2.24, 2.45) is 0 Å². The Morgan fingerprint density at radius 3 is 3.05 bits per heavy atom. The van der Waals surface area contributed by atoms with Crippen LogP contribution in [0.2, 0.25) is 0 Å².